The Morgan fingerprint density at radius 3 is 2.40 bits per heavy atom. The van der Waals surface area contributed by atoms with E-state index in [0.29, 0.717) is 6.04 Å². The molecule has 1 atom stereocenters. The summed E-state index contributed by atoms with van der Waals surface area (Å²) in [5.41, 5.74) is 5.95. The minimum absolute atomic E-state index is 0.398. The van der Waals surface area contributed by atoms with Crippen molar-refractivity contribution in [3.8, 4) is 0 Å². The molecule has 1 aliphatic carbocycles. The number of hydrogen-bond donors (Lipinski definition) is 1. The summed E-state index contributed by atoms with van der Waals surface area (Å²) in [5, 5.41) is 0. The Labute approximate surface area is 95.2 Å². The molecule has 2 heteroatoms. The van der Waals surface area contributed by atoms with Gasteiger partial charge in [0.1, 0.15) is 0 Å². The van der Waals surface area contributed by atoms with Gasteiger partial charge in [-0.1, -0.05) is 13.8 Å². The lowest BCUT2D eigenvalue weighted by Crippen LogP contribution is -2.37. The second kappa shape index (κ2) is 6.49. The van der Waals surface area contributed by atoms with Gasteiger partial charge in [-0.15, -0.1) is 0 Å². The number of nitrogens with zero attached hydrogens (tertiary/aromatic N) is 1. The largest absolute Gasteiger partial charge is 0.328 e. The molecule has 0 aromatic carbocycles. The van der Waals surface area contributed by atoms with Gasteiger partial charge in [-0.05, 0) is 58.0 Å². The van der Waals surface area contributed by atoms with Crippen molar-refractivity contribution in [3.05, 3.63) is 0 Å². The molecule has 0 amide bonds. The molecule has 0 aromatic rings. The molecule has 1 rings (SSSR count). The SMILES string of the molecule is CCC(N)CCN(C)C1CCC(C)CC1. The fourth-order valence-electron chi connectivity index (χ4n) is 2.44. The highest BCUT2D eigenvalue weighted by Crippen LogP contribution is 2.26. The Balaban J connectivity index is 2.19. The molecule has 90 valence electrons. The molecule has 2 nitrogen and oxygen atoms in total. The maximum absolute atomic E-state index is 5.95. The first-order chi connectivity index (χ1) is 7.13. The van der Waals surface area contributed by atoms with Crippen LogP contribution in [0, 0.1) is 5.92 Å². The van der Waals surface area contributed by atoms with Crippen molar-refractivity contribution in [1.29, 1.82) is 0 Å². The fourth-order valence-corrected chi connectivity index (χ4v) is 2.44. The van der Waals surface area contributed by atoms with Crippen molar-refractivity contribution >= 4 is 0 Å². The van der Waals surface area contributed by atoms with E-state index in [1.807, 2.05) is 0 Å². The lowest BCUT2D eigenvalue weighted by molar-refractivity contribution is 0.166. The first-order valence-corrected chi connectivity index (χ1v) is 6.59. The van der Waals surface area contributed by atoms with E-state index in [4.69, 9.17) is 5.73 Å². The van der Waals surface area contributed by atoms with Gasteiger partial charge in [0.2, 0.25) is 0 Å². The van der Waals surface area contributed by atoms with Gasteiger partial charge in [-0.3, -0.25) is 0 Å². The van der Waals surface area contributed by atoms with Crippen molar-refractivity contribution in [2.45, 2.75) is 64.5 Å². The molecule has 0 saturated heterocycles. The van der Waals surface area contributed by atoms with Gasteiger partial charge in [0, 0.05) is 12.1 Å². The van der Waals surface area contributed by atoms with E-state index in [9.17, 15) is 0 Å². The van der Waals surface area contributed by atoms with Gasteiger partial charge in [-0.25, -0.2) is 0 Å². The van der Waals surface area contributed by atoms with Crippen LogP contribution in [0.3, 0.4) is 0 Å². The molecule has 1 unspecified atom stereocenters. The lowest BCUT2D eigenvalue weighted by Gasteiger charge is -2.34. The Kier molecular flexibility index (Phi) is 5.62. The van der Waals surface area contributed by atoms with E-state index in [0.717, 1.165) is 24.8 Å². The molecular formula is C13H28N2. The van der Waals surface area contributed by atoms with E-state index in [2.05, 4.69) is 25.8 Å². The number of rotatable bonds is 5. The molecule has 0 heterocycles. The highest BCUT2D eigenvalue weighted by Gasteiger charge is 2.21. The summed E-state index contributed by atoms with van der Waals surface area (Å²) in [7, 11) is 2.27. The van der Waals surface area contributed by atoms with Crippen LogP contribution in [0.15, 0.2) is 0 Å². The first kappa shape index (κ1) is 13.0. The maximum atomic E-state index is 5.95. The zero-order chi connectivity index (χ0) is 11.3. The molecule has 0 radical (unpaired) electrons. The van der Waals surface area contributed by atoms with E-state index >= 15 is 0 Å². The summed E-state index contributed by atoms with van der Waals surface area (Å²) in [6.07, 6.45) is 7.86. The summed E-state index contributed by atoms with van der Waals surface area (Å²) in [4.78, 5) is 2.53. The van der Waals surface area contributed by atoms with Gasteiger partial charge in [0.25, 0.3) is 0 Å². The van der Waals surface area contributed by atoms with Gasteiger partial charge in [0.15, 0.2) is 0 Å². The van der Waals surface area contributed by atoms with Crippen LogP contribution in [0.4, 0.5) is 0 Å². The van der Waals surface area contributed by atoms with Crippen molar-refractivity contribution in [2.75, 3.05) is 13.6 Å². The van der Waals surface area contributed by atoms with Crippen LogP contribution >= 0.6 is 0 Å². The van der Waals surface area contributed by atoms with Crippen LogP contribution in [0.1, 0.15) is 52.4 Å². The first-order valence-electron chi connectivity index (χ1n) is 6.59. The monoisotopic (exact) mass is 212 g/mol. The normalized spacial score (nSPS) is 29.4. The van der Waals surface area contributed by atoms with Crippen molar-refractivity contribution < 1.29 is 0 Å². The highest BCUT2D eigenvalue weighted by atomic mass is 15.1. The van der Waals surface area contributed by atoms with Crippen LogP contribution in [-0.2, 0) is 0 Å². The predicted molar refractivity (Wildman–Crippen MR) is 66.9 cm³/mol. The quantitative estimate of drug-likeness (QED) is 0.759. The minimum atomic E-state index is 0.398. The minimum Gasteiger partial charge on any atom is -0.328 e. The Hall–Kier alpha value is -0.0800. The predicted octanol–water partition coefficient (Wildman–Crippen LogP) is 2.62. The average molecular weight is 212 g/mol. The summed E-state index contributed by atoms with van der Waals surface area (Å²) >= 11 is 0. The maximum Gasteiger partial charge on any atom is 0.00924 e. The Morgan fingerprint density at radius 1 is 1.27 bits per heavy atom. The third-order valence-corrected chi connectivity index (χ3v) is 3.99. The van der Waals surface area contributed by atoms with E-state index < -0.39 is 0 Å². The molecule has 0 aromatic heterocycles. The Morgan fingerprint density at radius 2 is 1.87 bits per heavy atom. The van der Waals surface area contributed by atoms with E-state index in [-0.39, 0.29) is 0 Å². The van der Waals surface area contributed by atoms with Crippen LogP contribution in [0.2, 0.25) is 0 Å². The molecule has 1 saturated carbocycles. The third-order valence-electron chi connectivity index (χ3n) is 3.99. The average Bonchev–Trinajstić information content (AvgIpc) is 2.26. The lowest BCUT2D eigenvalue weighted by atomic mass is 9.86. The Bertz CT molecular complexity index is 162. The third kappa shape index (κ3) is 4.52. The number of hydrogen-bond acceptors (Lipinski definition) is 2. The molecule has 2 N–H and O–H groups in total. The summed E-state index contributed by atoms with van der Waals surface area (Å²) < 4.78 is 0. The van der Waals surface area contributed by atoms with E-state index in [1.54, 1.807) is 0 Å². The van der Waals surface area contributed by atoms with Gasteiger partial charge < -0.3 is 10.6 Å². The highest BCUT2D eigenvalue weighted by molar-refractivity contribution is 4.77. The van der Waals surface area contributed by atoms with Crippen molar-refractivity contribution in [3.63, 3.8) is 0 Å². The molecule has 1 fully saturated rings. The van der Waals surface area contributed by atoms with Crippen LogP contribution in [-0.4, -0.2) is 30.6 Å². The zero-order valence-electron chi connectivity index (χ0n) is 10.7. The second-order valence-electron chi connectivity index (χ2n) is 5.35. The van der Waals surface area contributed by atoms with Gasteiger partial charge >= 0.3 is 0 Å². The molecule has 1 aliphatic rings. The molecule has 0 spiro atoms. The van der Waals surface area contributed by atoms with Crippen molar-refractivity contribution in [2.24, 2.45) is 11.7 Å². The summed E-state index contributed by atoms with van der Waals surface area (Å²) in [6.45, 7) is 5.73. The topological polar surface area (TPSA) is 29.3 Å². The fraction of sp³-hybridized carbons (Fsp3) is 1.00. The number of nitrogens with two attached hydrogens (primary N) is 1. The molecule has 0 bridgehead atoms. The van der Waals surface area contributed by atoms with Crippen molar-refractivity contribution in [1.82, 2.24) is 4.90 Å². The van der Waals surface area contributed by atoms with Crippen LogP contribution < -0.4 is 5.73 Å². The summed E-state index contributed by atoms with van der Waals surface area (Å²) in [5.74, 6) is 0.951. The standard InChI is InChI=1S/C13H28N2/c1-4-12(14)9-10-15(3)13-7-5-11(2)6-8-13/h11-13H,4-10,14H2,1-3H3. The van der Waals surface area contributed by atoms with Crippen LogP contribution in [0.5, 0.6) is 0 Å². The second-order valence-corrected chi connectivity index (χ2v) is 5.35. The molecule has 15 heavy (non-hydrogen) atoms. The zero-order valence-corrected chi connectivity index (χ0v) is 10.7. The smallest absolute Gasteiger partial charge is 0.00924 e. The van der Waals surface area contributed by atoms with E-state index in [1.165, 1.54) is 32.2 Å². The summed E-state index contributed by atoms with van der Waals surface area (Å²) in [6, 6.07) is 1.22. The molecular weight excluding hydrogens is 184 g/mol. The van der Waals surface area contributed by atoms with Gasteiger partial charge in [-0.2, -0.15) is 0 Å². The van der Waals surface area contributed by atoms with Gasteiger partial charge in [0.05, 0.1) is 0 Å². The van der Waals surface area contributed by atoms with Crippen LogP contribution in [0.25, 0.3) is 0 Å². The molecule has 0 aliphatic heterocycles.